The van der Waals surface area contributed by atoms with Gasteiger partial charge < -0.3 is 14.3 Å². The predicted octanol–water partition coefficient (Wildman–Crippen LogP) is 3.17. The van der Waals surface area contributed by atoms with Crippen LogP contribution in [0.1, 0.15) is 33.8 Å². The summed E-state index contributed by atoms with van der Waals surface area (Å²) in [6.07, 6.45) is 3.98. The lowest BCUT2D eigenvalue weighted by atomic mass is 9.99. The van der Waals surface area contributed by atoms with Crippen LogP contribution in [0.5, 0.6) is 0 Å². The second-order valence-electron chi connectivity index (χ2n) is 7.60. The number of benzene rings is 1. The lowest BCUT2D eigenvalue weighted by Crippen LogP contribution is -2.41. The molecule has 1 atom stereocenters. The quantitative estimate of drug-likeness (QED) is 0.456. The van der Waals surface area contributed by atoms with Crippen LogP contribution in [-0.4, -0.2) is 47.1 Å². The molecule has 11 heteroatoms. The van der Waals surface area contributed by atoms with Crippen molar-refractivity contribution in [2.75, 3.05) is 6.54 Å². The maximum atomic E-state index is 13.6. The molecule has 1 aromatic carbocycles. The highest BCUT2D eigenvalue weighted by Gasteiger charge is 2.38. The molecular weight excluding hydrogens is 432 g/mol. The number of aromatic nitrogens is 6. The zero-order chi connectivity index (χ0) is 22.5. The number of pyridine rings is 1. The maximum Gasteiger partial charge on any atom is 0.312 e. The van der Waals surface area contributed by atoms with Crippen molar-refractivity contribution in [3.8, 4) is 11.5 Å². The van der Waals surface area contributed by atoms with E-state index in [4.69, 9.17) is 4.42 Å². The minimum absolute atomic E-state index is 0.0843. The summed E-state index contributed by atoms with van der Waals surface area (Å²) in [5, 5.41) is 12.3. The van der Waals surface area contributed by atoms with Crippen LogP contribution in [0, 0.1) is 11.6 Å². The Labute approximate surface area is 184 Å². The molecule has 1 N–H and O–H groups in total. The molecule has 6 rings (SSSR count). The summed E-state index contributed by atoms with van der Waals surface area (Å²) < 4.78 is 34.1. The minimum Gasteiger partial charge on any atom is -0.412 e. The Kier molecular flexibility index (Phi) is 4.28. The fourth-order valence-corrected chi connectivity index (χ4v) is 4.06. The van der Waals surface area contributed by atoms with Gasteiger partial charge in [0.05, 0.1) is 23.2 Å². The molecule has 1 aliphatic rings. The summed E-state index contributed by atoms with van der Waals surface area (Å²) in [7, 11) is 0. The highest BCUT2D eigenvalue weighted by Crippen LogP contribution is 2.34. The van der Waals surface area contributed by atoms with E-state index in [-0.39, 0.29) is 17.3 Å². The Balaban J connectivity index is 1.38. The van der Waals surface area contributed by atoms with Gasteiger partial charge in [-0.05, 0) is 36.4 Å². The van der Waals surface area contributed by atoms with Crippen molar-refractivity contribution in [3.05, 3.63) is 89.6 Å². The largest absolute Gasteiger partial charge is 0.412 e. The van der Waals surface area contributed by atoms with Crippen LogP contribution in [0.2, 0.25) is 0 Å². The first kappa shape index (κ1) is 19.3. The van der Waals surface area contributed by atoms with E-state index in [2.05, 4.69) is 25.3 Å². The van der Waals surface area contributed by atoms with Gasteiger partial charge in [-0.2, -0.15) is 5.10 Å². The van der Waals surface area contributed by atoms with Gasteiger partial charge in [0.1, 0.15) is 6.04 Å². The summed E-state index contributed by atoms with van der Waals surface area (Å²) in [6, 6.07) is 10.2. The number of nitrogens with one attached hydrogen (secondary N) is 1. The Hall–Kier alpha value is -4.41. The van der Waals surface area contributed by atoms with Gasteiger partial charge >= 0.3 is 11.8 Å². The van der Waals surface area contributed by atoms with Gasteiger partial charge in [0, 0.05) is 30.4 Å². The predicted molar refractivity (Wildman–Crippen MR) is 110 cm³/mol. The van der Waals surface area contributed by atoms with E-state index in [9.17, 15) is 13.6 Å². The molecule has 1 aliphatic heterocycles. The monoisotopic (exact) mass is 447 g/mol. The highest BCUT2D eigenvalue weighted by atomic mass is 19.2. The van der Waals surface area contributed by atoms with Crippen molar-refractivity contribution < 1.29 is 18.0 Å². The van der Waals surface area contributed by atoms with Crippen LogP contribution in [-0.2, 0) is 6.42 Å². The van der Waals surface area contributed by atoms with Crippen LogP contribution in [0.25, 0.3) is 17.0 Å². The van der Waals surface area contributed by atoms with E-state index in [1.54, 1.807) is 15.7 Å². The Morgan fingerprint density at radius 1 is 1.12 bits per heavy atom. The Morgan fingerprint density at radius 2 is 2.03 bits per heavy atom. The number of hydrogen-bond acceptors (Lipinski definition) is 6. The molecule has 4 aromatic heterocycles. The Bertz CT molecular complexity index is 1470. The highest BCUT2D eigenvalue weighted by molar-refractivity contribution is 5.90. The fraction of sp³-hybridized carbons (Fsp3) is 0.136. The average molecular weight is 447 g/mol. The number of amides is 1. The molecule has 0 aliphatic carbocycles. The minimum atomic E-state index is -1.05. The SMILES string of the molecule is O=C(c1nnc(-c2ccc(F)c(F)c2)o1)N1CCc2[nH]cnc2[C@H]1c1cc2ccccn2n1. The van der Waals surface area contributed by atoms with Gasteiger partial charge in [0.15, 0.2) is 11.6 Å². The summed E-state index contributed by atoms with van der Waals surface area (Å²) in [5.74, 6) is -2.89. The number of fused-ring (bicyclic) bond motifs is 2. The molecule has 0 fully saturated rings. The second-order valence-corrected chi connectivity index (χ2v) is 7.60. The van der Waals surface area contributed by atoms with E-state index in [1.165, 1.54) is 6.07 Å². The third-order valence-electron chi connectivity index (χ3n) is 5.63. The third kappa shape index (κ3) is 3.16. The average Bonchev–Trinajstić information content (AvgIpc) is 3.58. The third-order valence-corrected chi connectivity index (χ3v) is 5.63. The number of carbonyl (C=O) groups excluding carboxylic acids is 1. The van der Waals surface area contributed by atoms with Crippen molar-refractivity contribution in [1.29, 1.82) is 0 Å². The van der Waals surface area contributed by atoms with E-state index in [0.717, 1.165) is 23.3 Å². The van der Waals surface area contributed by atoms with Crippen molar-refractivity contribution in [2.24, 2.45) is 0 Å². The molecule has 33 heavy (non-hydrogen) atoms. The molecule has 0 saturated heterocycles. The van der Waals surface area contributed by atoms with Crippen LogP contribution < -0.4 is 0 Å². The van der Waals surface area contributed by atoms with Gasteiger partial charge in [-0.25, -0.2) is 18.3 Å². The zero-order valence-corrected chi connectivity index (χ0v) is 16.9. The van der Waals surface area contributed by atoms with E-state index < -0.39 is 23.6 Å². The van der Waals surface area contributed by atoms with Crippen LogP contribution >= 0.6 is 0 Å². The van der Waals surface area contributed by atoms with Crippen molar-refractivity contribution in [3.63, 3.8) is 0 Å². The molecule has 164 valence electrons. The zero-order valence-electron chi connectivity index (χ0n) is 16.9. The van der Waals surface area contributed by atoms with Gasteiger partial charge in [-0.15, -0.1) is 10.2 Å². The topological polar surface area (TPSA) is 105 Å². The van der Waals surface area contributed by atoms with E-state index in [0.29, 0.717) is 24.4 Å². The maximum absolute atomic E-state index is 13.6. The van der Waals surface area contributed by atoms with Crippen LogP contribution in [0.4, 0.5) is 8.78 Å². The summed E-state index contributed by atoms with van der Waals surface area (Å²) in [5.41, 5.74) is 3.31. The fourth-order valence-electron chi connectivity index (χ4n) is 4.06. The van der Waals surface area contributed by atoms with Crippen LogP contribution in [0.3, 0.4) is 0 Å². The number of carbonyl (C=O) groups is 1. The van der Waals surface area contributed by atoms with Crippen molar-refractivity contribution in [1.82, 2.24) is 34.7 Å². The Morgan fingerprint density at radius 3 is 2.88 bits per heavy atom. The van der Waals surface area contributed by atoms with Crippen LogP contribution in [0.15, 0.2) is 59.4 Å². The lowest BCUT2D eigenvalue weighted by Gasteiger charge is -2.32. The smallest absolute Gasteiger partial charge is 0.312 e. The molecule has 0 unspecified atom stereocenters. The lowest BCUT2D eigenvalue weighted by molar-refractivity contribution is 0.0646. The number of imidazole rings is 1. The normalized spacial score (nSPS) is 15.7. The summed E-state index contributed by atoms with van der Waals surface area (Å²) >= 11 is 0. The van der Waals surface area contributed by atoms with Gasteiger partial charge in [-0.1, -0.05) is 6.07 Å². The number of hydrogen-bond donors (Lipinski definition) is 1. The second kappa shape index (κ2) is 7.33. The number of rotatable bonds is 3. The summed E-state index contributed by atoms with van der Waals surface area (Å²) in [6.45, 7) is 0.370. The van der Waals surface area contributed by atoms with Gasteiger partial charge in [0.25, 0.3) is 0 Å². The first-order valence-electron chi connectivity index (χ1n) is 10.1. The summed E-state index contributed by atoms with van der Waals surface area (Å²) in [4.78, 5) is 22.6. The molecule has 9 nitrogen and oxygen atoms in total. The van der Waals surface area contributed by atoms with Gasteiger partial charge in [-0.3, -0.25) is 4.79 Å². The molecule has 5 aromatic rings. The molecule has 0 radical (unpaired) electrons. The standard InChI is InChI=1S/C22H15F2N7O2/c23-14-5-4-12(9-15(14)24)20-27-28-21(33-20)22(32)30-8-6-16-18(26-11-25-16)19(30)17-10-13-3-1-2-7-31(13)29-17/h1-5,7,9-11,19H,6,8H2,(H,25,26)/t19-/m1/s1. The molecule has 0 spiro atoms. The van der Waals surface area contributed by atoms with Crippen molar-refractivity contribution in [2.45, 2.75) is 12.5 Å². The molecule has 5 heterocycles. The molecular formula is C22H15F2N7O2. The van der Waals surface area contributed by atoms with E-state index in [1.807, 2.05) is 30.5 Å². The first-order valence-corrected chi connectivity index (χ1v) is 10.1. The number of aromatic amines is 1. The number of H-pyrrole nitrogens is 1. The van der Waals surface area contributed by atoms with Crippen molar-refractivity contribution >= 4 is 11.4 Å². The van der Waals surface area contributed by atoms with E-state index >= 15 is 0 Å². The number of nitrogens with zero attached hydrogens (tertiary/aromatic N) is 6. The molecule has 1 amide bonds. The number of halogens is 2. The molecule has 0 bridgehead atoms. The van der Waals surface area contributed by atoms with Gasteiger partial charge in [0.2, 0.25) is 5.89 Å². The first-order chi connectivity index (χ1) is 16.1. The molecule has 0 saturated carbocycles.